The molecule has 1 N–H and O–H groups in total. The maximum Gasteiger partial charge on any atom is 0.303 e. The average Bonchev–Trinajstić information content (AvgIpc) is 2.47. The Morgan fingerprint density at radius 1 is 1.35 bits per heavy atom. The number of hydrogen-bond acceptors (Lipinski definition) is 4. The van der Waals surface area contributed by atoms with Gasteiger partial charge in [0, 0.05) is 24.7 Å². The molecule has 0 unspecified atom stereocenters. The highest BCUT2D eigenvalue weighted by atomic mass is 16.4. The molecule has 6 heteroatoms. The van der Waals surface area contributed by atoms with Crippen LogP contribution in [0.5, 0.6) is 0 Å². The van der Waals surface area contributed by atoms with Crippen molar-refractivity contribution >= 4 is 5.97 Å². The minimum Gasteiger partial charge on any atom is -0.481 e. The molecule has 0 bridgehead atoms. The molecule has 0 spiro atoms. The van der Waals surface area contributed by atoms with E-state index < -0.39 is 5.97 Å². The van der Waals surface area contributed by atoms with Gasteiger partial charge in [-0.1, -0.05) is 6.07 Å². The highest BCUT2D eigenvalue weighted by molar-refractivity contribution is 5.67. The second-order valence-corrected chi connectivity index (χ2v) is 4.28. The first-order valence-electron chi connectivity index (χ1n) is 6.36. The van der Waals surface area contributed by atoms with Crippen molar-refractivity contribution in [3.05, 3.63) is 46.4 Å². The Morgan fingerprint density at radius 2 is 2.15 bits per heavy atom. The summed E-state index contributed by atoms with van der Waals surface area (Å²) in [4.78, 5) is 26.9. The summed E-state index contributed by atoms with van der Waals surface area (Å²) in [6.07, 6.45) is 1.76. The Bertz CT molecular complexity index is 665. The van der Waals surface area contributed by atoms with Crippen LogP contribution >= 0.6 is 0 Å². The molecule has 0 atom stereocenters. The molecule has 0 fully saturated rings. The molecule has 20 heavy (non-hydrogen) atoms. The van der Waals surface area contributed by atoms with Crippen molar-refractivity contribution in [3.63, 3.8) is 0 Å². The summed E-state index contributed by atoms with van der Waals surface area (Å²) in [5, 5.41) is 13.0. The maximum atomic E-state index is 12.1. The van der Waals surface area contributed by atoms with Crippen LogP contribution in [0, 0.1) is 0 Å². The molecule has 2 rings (SSSR count). The van der Waals surface area contributed by atoms with E-state index in [0.29, 0.717) is 23.5 Å². The van der Waals surface area contributed by atoms with Gasteiger partial charge in [-0.3, -0.25) is 14.6 Å². The highest BCUT2D eigenvalue weighted by Crippen LogP contribution is 2.13. The van der Waals surface area contributed by atoms with Crippen molar-refractivity contribution in [2.45, 2.75) is 26.3 Å². The van der Waals surface area contributed by atoms with Gasteiger partial charge in [-0.15, -0.1) is 0 Å². The number of aromatic nitrogens is 3. The molecule has 0 aliphatic carbocycles. The largest absolute Gasteiger partial charge is 0.481 e. The lowest BCUT2D eigenvalue weighted by Crippen LogP contribution is -2.26. The van der Waals surface area contributed by atoms with Crippen molar-refractivity contribution in [1.29, 1.82) is 0 Å². The molecule has 0 radical (unpaired) electrons. The number of aryl methyl sites for hydroxylation is 2. The van der Waals surface area contributed by atoms with Gasteiger partial charge in [-0.25, -0.2) is 4.68 Å². The van der Waals surface area contributed by atoms with Crippen LogP contribution in [0.1, 0.15) is 18.9 Å². The lowest BCUT2D eigenvalue weighted by atomic mass is 10.1. The van der Waals surface area contributed by atoms with Crippen LogP contribution in [0.2, 0.25) is 0 Å². The fourth-order valence-corrected chi connectivity index (χ4v) is 1.87. The Hall–Kier alpha value is -2.50. The van der Waals surface area contributed by atoms with E-state index in [-0.39, 0.29) is 18.4 Å². The molecule has 6 nitrogen and oxygen atoms in total. The number of carboxylic acid groups (broad SMARTS) is 1. The maximum absolute atomic E-state index is 12.1. The minimum atomic E-state index is -0.927. The third-order valence-corrected chi connectivity index (χ3v) is 2.88. The van der Waals surface area contributed by atoms with Crippen LogP contribution in [0.3, 0.4) is 0 Å². The van der Waals surface area contributed by atoms with E-state index >= 15 is 0 Å². The van der Waals surface area contributed by atoms with Crippen molar-refractivity contribution < 1.29 is 9.90 Å². The number of carboxylic acids is 1. The zero-order chi connectivity index (χ0) is 14.5. The molecular weight excluding hydrogens is 258 g/mol. The molecule has 0 aromatic carbocycles. The number of nitrogens with zero attached hydrogens (tertiary/aromatic N) is 3. The number of carbonyl (C=O) groups is 1. The van der Waals surface area contributed by atoms with Crippen LogP contribution in [0.25, 0.3) is 11.4 Å². The molecular formula is C14H15N3O3. The molecule has 0 aliphatic heterocycles. The fraction of sp³-hybridized carbons (Fsp3) is 0.286. The van der Waals surface area contributed by atoms with Gasteiger partial charge in [0.05, 0.1) is 5.69 Å². The summed E-state index contributed by atoms with van der Waals surface area (Å²) in [7, 11) is 0. The van der Waals surface area contributed by atoms with Gasteiger partial charge in [-0.2, -0.15) is 5.10 Å². The van der Waals surface area contributed by atoms with Crippen LogP contribution < -0.4 is 5.56 Å². The third kappa shape index (κ3) is 3.09. The molecule has 104 valence electrons. The highest BCUT2D eigenvalue weighted by Gasteiger charge is 2.11. The van der Waals surface area contributed by atoms with Crippen molar-refractivity contribution in [3.8, 4) is 11.4 Å². The molecule has 2 aromatic heterocycles. The second-order valence-electron chi connectivity index (χ2n) is 4.28. The predicted molar refractivity (Wildman–Crippen MR) is 73.4 cm³/mol. The van der Waals surface area contributed by atoms with Gasteiger partial charge in [0.25, 0.3) is 5.56 Å². The summed E-state index contributed by atoms with van der Waals surface area (Å²) in [6, 6.07) is 7.06. The molecule has 2 heterocycles. The third-order valence-electron chi connectivity index (χ3n) is 2.88. The lowest BCUT2D eigenvalue weighted by Gasteiger charge is -2.08. The van der Waals surface area contributed by atoms with E-state index in [1.54, 1.807) is 24.4 Å². The van der Waals surface area contributed by atoms with Gasteiger partial charge in [0.15, 0.2) is 0 Å². The van der Waals surface area contributed by atoms with E-state index in [4.69, 9.17) is 5.11 Å². The molecule has 0 amide bonds. The first-order chi connectivity index (χ1) is 9.61. The van der Waals surface area contributed by atoms with Crippen LogP contribution in [0.4, 0.5) is 0 Å². The quantitative estimate of drug-likeness (QED) is 0.888. The molecule has 0 saturated carbocycles. The minimum absolute atomic E-state index is 0.0787. The monoisotopic (exact) mass is 273 g/mol. The van der Waals surface area contributed by atoms with E-state index in [9.17, 15) is 9.59 Å². The van der Waals surface area contributed by atoms with Crippen molar-refractivity contribution in [2.24, 2.45) is 0 Å². The smallest absolute Gasteiger partial charge is 0.303 e. The Morgan fingerprint density at radius 3 is 2.75 bits per heavy atom. The normalized spacial score (nSPS) is 10.4. The molecule has 2 aromatic rings. The molecule has 0 saturated heterocycles. The van der Waals surface area contributed by atoms with E-state index in [1.807, 2.05) is 13.0 Å². The summed E-state index contributed by atoms with van der Waals surface area (Å²) >= 11 is 0. The van der Waals surface area contributed by atoms with Gasteiger partial charge in [0.2, 0.25) is 0 Å². The predicted octanol–water partition coefficient (Wildman–Crippen LogP) is 1.34. The molecule has 0 aliphatic rings. The van der Waals surface area contributed by atoms with Crippen LogP contribution in [-0.4, -0.2) is 25.8 Å². The summed E-state index contributed by atoms with van der Waals surface area (Å²) in [5.41, 5.74) is 1.44. The number of rotatable bonds is 5. The topological polar surface area (TPSA) is 85.1 Å². The van der Waals surface area contributed by atoms with Crippen molar-refractivity contribution in [2.75, 3.05) is 0 Å². The zero-order valence-corrected chi connectivity index (χ0v) is 11.1. The van der Waals surface area contributed by atoms with Crippen molar-refractivity contribution in [1.82, 2.24) is 14.8 Å². The first kappa shape index (κ1) is 13.9. The average molecular weight is 273 g/mol. The summed E-state index contributed by atoms with van der Waals surface area (Å²) < 4.78 is 1.33. The van der Waals surface area contributed by atoms with E-state index in [1.165, 1.54) is 4.68 Å². The van der Waals surface area contributed by atoms with E-state index in [0.717, 1.165) is 0 Å². The SMILES string of the molecule is CCn1nc(-c2ccccn2)cc(CCC(=O)O)c1=O. The fourth-order valence-electron chi connectivity index (χ4n) is 1.87. The Labute approximate surface area is 115 Å². The second kappa shape index (κ2) is 6.10. The number of aliphatic carboxylic acids is 1. The zero-order valence-electron chi connectivity index (χ0n) is 11.1. The van der Waals surface area contributed by atoms with Gasteiger partial charge >= 0.3 is 5.97 Å². The van der Waals surface area contributed by atoms with Gasteiger partial charge in [-0.05, 0) is 31.5 Å². The standard InChI is InChI=1S/C14H15N3O3/c1-2-17-14(20)10(6-7-13(18)19)9-12(16-17)11-5-3-4-8-15-11/h3-5,8-9H,2,6-7H2,1H3,(H,18,19). The van der Waals surface area contributed by atoms with Crippen LogP contribution in [-0.2, 0) is 17.8 Å². The van der Waals surface area contributed by atoms with Gasteiger partial charge in [0.1, 0.15) is 5.69 Å². The number of pyridine rings is 1. The number of hydrogen-bond donors (Lipinski definition) is 1. The first-order valence-corrected chi connectivity index (χ1v) is 6.36. The summed E-state index contributed by atoms with van der Waals surface area (Å²) in [6.45, 7) is 2.25. The van der Waals surface area contributed by atoms with E-state index in [2.05, 4.69) is 10.1 Å². The lowest BCUT2D eigenvalue weighted by molar-refractivity contribution is -0.136. The Kier molecular flexibility index (Phi) is 4.24. The van der Waals surface area contributed by atoms with Gasteiger partial charge < -0.3 is 5.11 Å². The van der Waals surface area contributed by atoms with Crippen LogP contribution in [0.15, 0.2) is 35.3 Å². The summed E-state index contributed by atoms with van der Waals surface area (Å²) in [5.74, 6) is -0.927. The Balaban J connectivity index is 2.46.